The second kappa shape index (κ2) is 7.68. The molecule has 3 aromatic rings. The van der Waals surface area contributed by atoms with Gasteiger partial charge in [0.05, 0.1) is 22.0 Å². The zero-order valence-electron chi connectivity index (χ0n) is 15.3. The van der Waals surface area contributed by atoms with Gasteiger partial charge < -0.3 is 10.1 Å². The van der Waals surface area contributed by atoms with Gasteiger partial charge in [-0.2, -0.15) is 5.26 Å². The topological polar surface area (TPSA) is 101 Å². The number of para-hydroxylation sites is 1. The van der Waals surface area contributed by atoms with E-state index in [2.05, 4.69) is 26.3 Å². The molecule has 0 aliphatic carbocycles. The Morgan fingerprint density at radius 1 is 1.30 bits per heavy atom. The van der Waals surface area contributed by atoms with Gasteiger partial charge in [-0.05, 0) is 39.0 Å². The van der Waals surface area contributed by atoms with Crippen LogP contribution >= 0.6 is 11.3 Å². The Morgan fingerprint density at radius 3 is 2.78 bits per heavy atom. The molecule has 2 heterocycles. The molecule has 0 radical (unpaired) electrons. The highest BCUT2D eigenvalue weighted by Gasteiger charge is 2.21. The number of nitriles is 1. The van der Waals surface area contributed by atoms with Crippen molar-refractivity contribution in [2.45, 2.75) is 32.3 Å². The SMILES string of the molecule is CC(C)(C)OC(=O)CNc1nccc(C(C#N)c2nc3ccccc3s2)n1. The minimum Gasteiger partial charge on any atom is -0.459 e. The third-order valence-electron chi connectivity index (χ3n) is 3.47. The number of anilines is 1. The van der Waals surface area contributed by atoms with Gasteiger partial charge in [-0.3, -0.25) is 4.79 Å². The number of esters is 1. The molecule has 138 valence electrons. The molecule has 0 bridgehead atoms. The van der Waals surface area contributed by atoms with Gasteiger partial charge >= 0.3 is 5.97 Å². The van der Waals surface area contributed by atoms with Crippen molar-refractivity contribution >= 4 is 33.5 Å². The number of rotatable bonds is 5. The first-order chi connectivity index (χ1) is 12.9. The average molecular weight is 381 g/mol. The summed E-state index contributed by atoms with van der Waals surface area (Å²) in [5.41, 5.74) is 0.827. The van der Waals surface area contributed by atoms with Gasteiger partial charge in [0.1, 0.15) is 23.1 Å². The van der Waals surface area contributed by atoms with Crippen LogP contribution in [-0.4, -0.2) is 33.1 Å². The van der Waals surface area contributed by atoms with Gasteiger partial charge in [0.15, 0.2) is 0 Å². The van der Waals surface area contributed by atoms with Crippen molar-refractivity contribution in [3.8, 4) is 6.07 Å². The van der Waals surface area contributed by atoms with Crippen molar-refractivity contribution in [2.75, 3.05) is 11.9 Å². The summed E-state index contributed by atoms with van der Waals surface area (Å²) in [5, 5.41) is 13.2. The van der Waals surface area contributed by atoms with Crippen LogP contribution in [0.1, 0.15) is 37.4 Å². The van der Waals surface area contributed by atoms with Crippen LogP contribution in [-0.2, 0) is 9.53 Å². The summed E-state index contributed by atoms with van der Waals surface area (Å²) < 4.78 is 6.26. The largest absolute Gasteiger partial charge is 0.459 e. The van der Waals surface area contributed by atoms with Crippen LogP contribution < -0.4 is 5.32 Å². The number of carbonyl (C=O) groups is 1. The summed E-state index contributed by atoms with van der Waals surface area (Å²) in [6.45, 7) is 5.35. The van der Waals surface area contributed by atoms with Gasteiger partial charge in [-0.25, -0.2) is 15.0 Å². The molecule has 1 atom stereocenters. The first-order valence-corrected chi connectivity index (χ1v) is 9.21. The summed E-state index contributed by atoms with van der Waals surface area (Å²) in [5.74, 6) is -0.744. The highest BCUT2D eigenvalue weighted by molar-refractivity contribution is 7.18. The normalized spacial score (nSPS) is 12.4. The zero-order valence-corrected chi connectivity index (χ0v) is 16.1. The number of aromatic nitrogens is 3. The number of fused-ring (bicyclic) bond motifs is 1. The lowest BCUT2D eigenvalue weighted by Crippen LogP contribution is -2.28. The second-order valence-electron chi connectivity index (χ2n) is 6.83. The van der Waals surface area contributed by atoms with Gasteiger partial charge in [-0.15, -0.1) is 11.3 Å². The van der Waals surface area contributed by atoms with Crippen LogP contribution in [0.4, 0.5) is 5.95 Å². The summed E-state index contributed by atoms with van der Waals surface area (Å²) in [7, 11) is 0. The van der Waals surface area contributed by atoms with Gasteiger partial charge in [0.2, 0.25) is 5.95 Å². The molecule has 3 rings (SSSR count). The highest BCUT2D eigenvalue weighted by atomic mass is 32.1. The van der Waals surface area contributed by atoms with E-state index in [0.717, 1.165) is 10.2 Å². The second-order valence-corrected chi connectivity index (χ2v) is 7.89. The van der Waals surface area contributed by atoms with E-state index in [4.69, 9.17) is 4.74 Å². The molecule has 8 heteroatoms. The number of hydrogen-bond acceptors (Lipinski definition) is 8. The van der Waals surface area contributed by atoms with E-state index >= 15 is 0 Å². The quantitative estimate of drug-likeness (QED) is 0.675. The maximum atomic E-state index is 11.8. The maximum absolute atomic E-state index is 11.8. The molecule has 27 heavy (non-hydrogen) atoms. The minimum atomic E-state index is -0.604. The number of nitrogens with zero attached hydrogens (tertiary/aromatic N) is 4. The molecular formula is C19H19N5O2S. The first-order valence-electron chi connectivity index (χ1n) is 8.39. The van der Waals surface area contributed by atoms with E-state index in [0.29, 0.717) is 10.7 Å². The fourth-order valence-electron chi connectivity index (χ4n) is 2.41. The van der Waals surface area contributed by atoms with E-state index in [1.165, 1.54) is 11.3 Å². The van der Waals surface area contributed by atoms with Crippen LogP contribution in [0.25, 0.3) is 10.2 Å². The average Bonchev–Trinajstić information content (AvgIpc) is 3.03. The van der Waals surface area contributed by atoms with Crippen molar-refractivity contribution in [1.82, 2.24) is 15.0 Å². The van der Waals surface area contributed by atoms with Crippen LogP contribution in [0.15, 0.2) is 36.5 Å². The third kappa shape index (κ3) is 4.77. The third-order valence-corrected chi connectivity index (χ3v) is 4.57. The molecule has 0 aliphatic heterocycles. The van der Waals surface area contributed by atoms with Crippen molar-refractivity contribution in [1.29, 1.82) is 5.26 Å². The molecule has 0 fully saturated rings. The highest BCUT2D eigenvalue weighted by Crippen LogP contribution is 2.30. The standard InChI is InChI=1S/C19H19N5O2S/c1-19(2,3)26-16(25)11-22-18-21-9-8-13(24-18)12(10-20)17-23-14-6-4-5-7-15(14)27-17/h4-9,12H,11H2,1-3H3,(H,21,22,24). The number of hydrogen-bond donors (Lipinski definition) is 1. The van der Waals surface area contributed by atoms with Crippen molar-refractivity contribution in [3.63, 3.8) is 0 Å². The predicted octanol–water partition coefficient (Wildman–Crippen LogP) is 3.50. The number of ether oxygens (including phenoxy) is 1. The monoisotopic (exact) mass is 381 g/mol. The molecule has 0 saturated carbocycles. The fourth-order valence-corrected chi connectivity index (χ4v) is 3.43. The number of carbonyl (C=O) groups excluding carboxylic acids is 1. The summed E-state index contributed by atoms with van der Waals surface area (Å²) >= 11 is 1.47. The Labute approximate surface area is 161 Å². The number of thiazole rings is 1. The Bertz CT molecular complexity index is 970. The Hall–Kier alpha value is -3.05. The molecule has 0 aliphatic rings. The van der Waals surface area contributed by atoms with Crippen molar-refractivity contribution < 1.29 is 9.53 Å². The minimum absolute atomic E-state index is 0.0565. The molecule has 0 amide bonds. The Balaban J connectivity index is 1.77. The van der Waals surface area contributed by atoms with Crippen LogP contribution in [0, 0.1) is 11.3 Å². The van der Waals surface area contributed by atoms with Crippen molar-refractivity contribution in [3.05, 3.63) is 47.2 Å². The lowest BCUT2D eigenvalue weighted by atomic mass is 10.1. The first kappa shape index (κ1) is 18.7. The van der Waals surface area contributed by atoms with E-state index < -0.39 is 17.5 Å². The number of nitrogens with one attached hydrogen (secondary N) is 1. The lowest BCUT2D eigenvalue weighted by molar-refractivity contribution is -0.152. The van der Waals surface area contributed by atoms with Crippen LogP contribution in [0.3, 0.4) is 0 Å². The Morgan fingerprint density at radius 2 is 2.07 bits per heavy atom. The summed E-state index contributed by atoms with van der Waals surface area (Å²) in [6.07, 6.45) is 1.55. The van der Waals surface area contributed by atoms with Gasteiger partial charge in [-0.1, -0.05) is 12.1 Å². The summed E-state index contributed by atoms with van der Waals surface area (Å²) in [4.78, 5) is 24.9. The smallest absolute Gasteiger partial charge is 0.325 e. The maximum Gasteiger partial charge on any atom is 0.325 e. The number of benzene rings is 1. The molecule has 2 aromatic heterocycles. The van der Waals surface area contributed by atoms with Gasteiger partial charge in [0, 0.05) is 6.20 Å². The zero-order chi connectivity index (χ0) is 19.4. The van der Waals surface area contributed by atoms with E-state index in [-0.39, 0.29) is 12.5 Å². The Kier molecular flexibility index (Phi) is 5.33. The molecular weight excluding hydrogens is 362 g/mol. The van der Waals surface area contributed by atoms with E-state index in [1.807, 2.05) is 24.3 Å². The van der Waals surface area contributed by atoms with Gasteiger partial charge in [0.25, 0.3) is 0 Å². The molecule has 1 aromatic carbocycles. The molecule has 7 nitrogen and oxygen atoms in total. The lowest BCUT2D eigenvalue weighted by Gasteiger charge is -2.19. The van der Waals surface area contributed by atoms with Crippen LogP contribution in [0.2, 0.25) is 0 Å². The van der Waals surface area contributed by atoms with E-state index in [1.54, 1.807) is 33.0 Å². The van der Waals surface area contributed by atoms with Crippen molar-refractivity contribution in [2.24, 2.45) is 0 Å². The summed E-state index contributed by atoms with van der Waals surface area (Å²) in [6, 6.07) is 11.7. The fraction of sp³-hybridized carbons (Fsp3) is 0.316. The predicted molar refractivity (Wildman–Crippen MR) is 103 cm³/mol. The molecule has 1 N–H and O–H groups in total. The molecule has 1 unspecified atom stereocenters. The molecule has 0 saturated heterocycles. The molecule has 0 spiro atoms. The van der Waals surface area contributed by atoms with E-state index in [9.17, 15) is 10.1 Å². The van der Waals surface area contributed by atoms with Crippen LogP contribution in [0.5, 0.6) is 0 Å².